The van der Waals surface area contributed by atoms with Crippen molar-refractivity contribution in [3.8, 4) is 0 Å². The average Bonchev–Trinajstić information content (AvgIpc) is 2.66. The third-order valence-electron chi connectivity index (χ3n) is 4.51. The molecule has 3 rings (SSSR count). The van der Waals surface area contributed by atoms with E-state index in [1.54, 1.807) is 0 Å². The molecule has 2 aromatic carbocycles. The molecule has 0 radical (unpaired) electrons. The molecule has 27 heavy (non-hydrogen) atoms. The van der Waals surface area contributed by atoms with Crippen LogP contribution < -0.4 is 0 Å². The fourth-order valence-corrected chi connectivity index (χ4v) is 3.21. The van der Waals surface area contributed by atoms with Crippen molar-refractivity contribution < 1.29 is 23.7 Å². The summed E-state index contributed by atoms with van der Waals surface area (Å²) < 4.78 is 23.4. The predicted octanol–water partition coefficient (Wildman–Crippen LogP) is 3.86. The summed E-state index contributed by atoms with van der Waals surface area (Å²) in [6, 6.07) is 20.0. The van der Waals surface area contributed by atoms with Gasteiger partial charge in [0.05, 0.1) is 25.4 Å². The van der Waals surface area contributed by atoms with Crippen LogP contribution in [-0.2, 0) is 37.0 Å². The van der Waals surface area contributed by atoms with E-state index in [2.05, 4.69) is 0 Å². The number of ether oxygens (including phenoxy) is 4. The molecule has 0 N–H and O–H groups in total. The Bertz CT molecular complexity index is 703. The molecule has 0 saturated carbocycles. The molecule has 0 aromatic heterocycles. The Morgan fingerprint density at radius 3 is 2.07 bits per heavy atom. The molecule has 1 fully saturated rings. The molecule has 0 aliphatic carbocycles. The van der Waals surface area contributed by atoms with Crippen molar-refractivity contribution in [3.63, 3.8) is 0 Å². The van der Waals surface area contributed by atoms with Crippen molar-refractivity contribution in [3.05, 3.63) is 71.8 Å². The minimum absolute atomic E-state index is 0.234. The molecule has 0 bridgehead atoms. The molecule has 1 saturated heterocycles. The number of carbonyl (C=O) groups is 1. The Hall–Kier alpha value is -2.21. The zero-order chi connectivity index (χ0) is 19.1. The van der Waals surface area contributed by atoms with Gasteiger partial charge in [0, 0.05) is 13.3 Å². The minimum Gasteiger partial charge on any atom is -0.436 e. The van der Waals surface area contributed by atoms with Gasteiger partial charge in [-0.3, -0.25) is 4.79 Å². The van der Waals surface area contributed by atoms with Crippen LogP contribution >= 0.6 is 0 Å². The fraction of sp³-hybridized carbons (Fsp3) is 0.409. The second-order valence-electron chi connectivity index (χ2n) is 6.71. The molecule has 5 nitrogen and oxygen atoms in total. The quantitative estimate of drug-likeness (QED) is 0.693. The highest BCUT2D eigenvalue weighted by molar-refractivity contribution is 5.66. The van der Waals surface area contributed by atoms with Crippen molar-refractivity contribution in [1.29, 1.82) is 0 Å². The van der Waals surface area contributed by atoms with E-state index in [4.69, 9.17) is 18.9 Å². The van der Waals surface area contributed by atoms with Gasteiger partial charge < -0.3 is 18.9 Å². The molecule has 1 heterocycles. The maximum Gasteiger partial charge on any atom is 0.304 e. The van der Waals surface area contributed by atoms with Gasteiger partial charge in [0.25, 0.3) is 0 Å². The highest BCUT2D eigenvalue weighted by Crippen LogP contribution is 2.27. The first-order valence-corrected chi connectivity index (χ1v) is 9.25. The lowest BCUT2D eigenvalue weighted by Gasteiger charge is -2.39. The largest absolute Gasteiger partial charge is 0.436 e. The van der Waals surface area contributed by atoms with Crippen LogP contribution in [-0.4, -0.2) is 30.6 Å². The molecule has 144 valence electrons. The lowest BCUT2D eigenvalue weighted by atomic mass is 10.0. The first-order chi connectivity index (χ1) is 13.1. The van der Waals surface area contributed by atoms with Crippen molar-refractivity contribution in [2.24, 2.45) is 0 Å². The number of carbonyl (C=O) groups excluding carboxylic acids is 1. The van der Waals surface area contributed by atoms with Gasteiger partial charge in [-0.15, -0.1) is 0 Å². The van der Waals surface area contributed by atoms with Crippen LogP contribution in [0.3, 0.4) is 0 Å². The highest BCUT2D eigenvalue weighted by Gasteiger charge is 2.39. The Kier molecular flexibility index (Phi) is 6.98. The van der Waals surface area contributed by atoms with Gasteiger partial charge >= 0.3 is 5.97 Å². The Morgan fingerprint density at radius 2 is 1.52 bits per heavy atom. The number of hydrogen-bond acceptors (Lipinski definition) is 5. The van der Waals surface area contributed by atoms with Crippen molar-refractivity contribution in [2.75, 3.05) is 0 Å². The minimum atomic E-state index is -0.616. The Labute approximate surface area is 160 Å². The van der Waals surface area contributed by atoms with E-state index in [-0.39, 0.29) is 24.3 Å². The summed E-state index contributed by atoms with van der Waals surface area (Å²) in [6.45, 7) is 4.24. The standard InChI is InChI=1S/C22H26O5/c1-16-22(25-15-19-11-7-4-8-12-19)20(13-21(26-16)27-17(2)23)24-14-18-9-5-3-6-10-18/h3-12,16,20-22H,13-15H2,1-2H3. The number of benzene rings is 2. The molecular formula is C22H26O5. The first-order valence-electron chi connectivity index (χ1n) is 9.25. The van der Waals surface area contributed by atoms with Crippen molar-refractivity contribution in [2.45, 2.75) is 58.1 Å². The van der Waals surface area contributed by atoms with Crippen LogP contribution in [0.4, 0.5) is 0 Å². The lowest BCUT2D eigenvalue weighted by Crippen LogP contribution is -2.50. The molecule has 0 spiro atoms. The third kappa shape index (κ3) is 5.89. The summed E-state index contributed by atoms with van der Waals surface area (Å²) in [7, 11) is 0. The molecule has 4 atom stereocenters. The van der Waals surface area contributed by atoms with Crippen LogP contribution in [0.15, 0.2) is 60.7 Å². The number of rotatable bonds is 7. The number of esters is 1. The summed E-state index contributed by atoms with van der Waals surface area (Å²) in [5.41, 5.74) is 2.18. The summed E-state index contributed by atoms with van der Waals surface area (Å²) in [6.07, 6.45) is -0.916. The topological polar surface area (TPSA) is 54.0 Å². The fourth-order valence-electron chi connectivity index (χ4n) is 3.21. The van der Waals surface area contributed by atoms with Crippen molar-refractivity contribution in [1.82, 2.24) is 0 Å². The molecule has 2 aromatic rings. The van der Waals surface area contributed by atoms with E-state index in [1.807, 2.05) is 67.6 Å². The monoisotopic (exact) mass is 370 g/mol. The van der Waals surface area contributed by atoms with Gasteiger partial charge in [-0.1, -0.05) is 60.7 Å². The van der Waals surface area contributed by atoms with Crippen LogP contribution in [0.25, 0.3) is 0 Å². The summed E-state index contributed by atoms with van der Waals surface area (Å²) in [5, 5.41) is 0. The summed E-state index contributed by atoms with van der Waals surface area (Å²) >= 11 is 0. The van der Waals surface area contributed by atoms with E-state index in [0.29, 0.717) is 19.6 Å². The van der Waals surface area contributed by atoms with E-state index in [9.17, 15) is 4.79 Å². The zero-order valence-corrected chi connectivity index (χ0v) is 15.7. The smallest absolute Gasteiger partial charge is 0.304 e. The maximum absolute atomic E-state index is 11.3. The molecule has 4 unspecified atom stereocenters. The Balaban J connectivity index is 1.66. The van der Waals surface area contributed by atoms with Gasteiger partial charge in [-0.2, -0.15) is 0 Å². The molecule has 0 amide bonds. The maximum atomic E-state index is 11.3. The van der Waals surface area contributed by atoms with E-state index >= 15 is 0 Å². The summed E-state index contributed by atoms with van der Waals surface area (Å²) in [5.74, 6) is -0.363. The van der Waals surface area contributed by atoms with E-state index in [0.717, 1.165) is 11.1 Å². The molecule has 1 aliphatic heterocycles. The first kappa shape index (κ1) is 19.5. The second kappa shape index (κ2) is 9.65. The Morgan fingerprint density at radius 1 is 0.963 bits per heavy atom. The molecule has 1 aliphatic rings. The van der Waals surface area contributed by atoms with Crippen LogP contribution in [0.5, 0.6) is 0 Å². The SMILES string of the molecule is CC(=O)OC1CC(OCc2ccccc2)C(OCc2ccccc2)C(C)O1. The van der Waals surface area contributed by atoms with Crippen LogP contribution in [0.2, 0.25) is 0 Å². The number of hydrogen-bond donors (Lipinski definition) is 0. The normalized spacial score (nSPS) is 25.1. The molecule has 5 heteroatoms. The molecular weight excluding hydrogens is 344 g/mol. The van der Waals surface area contributed by atoms with Crippen LogP contribution in [0.1, 0.15) is 31.4 Å². The van der Waals surface area contributed by atoms with Gasteiger partial charge in [0.2, 0.25) is 6.29 Å². The van der Waals surface area contributed by atoms with Gasteiger partial charge in [-0.25, -0.2) is 0 Å². The van der Waals surface area contributed by atoms with Crippen molar-refractivity contribution >= 4 is 5.97 Å². The average molecular weight is 370 g/mol. The van der Waals surface area contributed by atoms with E-state index < -0.39 is 6.29 Å². The van der Waals surface area contributed by atoms with Crippen LogP contribution in [0, 0.1) is 0 Å². The summed E-state index contributed by atoms with van der Waals surface area (Å²) in [4.78, 5) is 11.3. The zero-order valence-electron chi connectivity index (χ0n) is 15.7. The predicted molar refractivity (Wildman–Crippen MR) is 101 cm³/mol. The highest BCUT2D eigenvalue weighted by atomic mass is 16.7. The van der Waals surface area contributed by atoms with Gasteiger partial charge in [-0.05, 0) is 18.1 Å². The van der Waals surface area contributed by atoms with Gasteiger partial charge in [0.15, 0.2) is 0 Å². The van der Waals surface area contributed by atoms with Gasteiger partial charge in [0.1, 0.15) is 6.10 Å². The third-order valence-corrected chi connectivity index (χ3v) is 4.51. The van der Waals surface area contributed by atoms with E-state index in [1.165, 1.54) is 6.92 Å². The second-order valence-corrected chi connectivity index (χ2v) is 6.71. The lowest BCUT2D eigenvalue weighted by molar-refractivity contribution is -0.259.